The molecular formula is C24H25NO6. The minimum Gasteiger partial charge on any atom is -0.872 e. The molecule has 0 atom stereocenters. The lowest BCUT2D eigenvalue weighted by Crippen LogP contribution is -3.11. The van der Waals surface area contributed by atoms with E-state index in [1.807, 2.05) is 0 Å². The second-order valence-corrected chi connectivity index (χ2v) is 7.68. The average Bonchev–Trinajstić information content (AvgIpc) is 2.79. The van der Waals surface area contributed by atoms with Gasteiger partial charge in [0.25, 0.3) is 0 Å². The summed E-state index contributed by atoms with van der Waals surface area (Å²) in [6.45, 7) is 4.62. The zero-order valence-corrected chi connectivity index (χ0v) is 17.4. The summed E-state index contributed by atoms with van der Waals surface area (Å²) < 4.78 is 16.4. The van der Waals surface area contributed by atoms with E-state index in [-0.39, 0.29) is 16.9 Å². The Hall–Kier alpha value is -3.32. The van der Waals surface area contributed by atoms with Gasteiger partial charge in [-0.05, 0) is 56.5 Å². The fourth-order valence-corrected chi connectivity index (χ4v) is 3.94. The minimum absolute atomic E-state index is 0.0197. The first-order valence-corrected chi connectivity index (χ1v) is 10.6. The van der Waals surface area contributed by atoms with E-state index >= 15 is 0 Å². The van der Waals surface area contributed by atoms with Crippen LogP contribution in [-0.4, -0.2) is 25.7 Å². The van der Waals surface area contributed by atoms with Crippen LogP contribution in [0.25, 0.3) is 11.0 Å². The molecule has 2 aromatic carbocycles. The molecule has 1 aliphatic rings. The number of benzene rings is 2. The Balaban J connectivity index is 1.60. The van der Waals surface area contributed by atoms with Gasteiger partial charge in [0, 0.05) is 5.56 Å². The fraction of sp³-hybridized carbons (Fsp3) is 0.333. The number of hydrogen-bond acceptors (Lipinski definition) is 6. The van der Waals surface area contributed by atoms with Crippen molar-refractivity contribution in [3.63, 3.8) is 0 Å². The molecule has 1 fully saturated rings. The molecule has 0 unspecified atom stereocenters. The number of rotatable bonds is 6. The van der Waals surface area contributed by atoms with Crippen molar-refractivity contribution in [1.82, 2.24) is 0 Å². The van der Waals surface area contributed by atoms with Crippen molar-refractivity contribution in [3.05, 3.63) is 64.0 Å². The maximum absolute atomic E-state index is 13.0. The molecule has 0 radical (unpaired) electrons. The molecule has 0 bridgehead atoms. The molecule has 31 heavy (non-hydrogen) atoms. The highest BCUT2D eigenvalue weighted by molar-refractivity contribution is 5.89. The number of likely N-dealkylation sites (tertiary alicyclic amines) is 1. The highest BCUT2D eigenvalue weighted by Crippen LogP contribution is 2.27. The van der Waals surface area contributed by atoms with Crippen LogP contribution >= 0.6 is 0 Å². The second-order valence-electron chi connectivity index (χ2n) is 7.68. The van der Waals surface area contributed by atoms with Crippen molar-refractivity contribution in [2.24, 2.45) is 0 Å². The van der Waals surface area contributed by atoms with Crippen LogP contribution in [0.2, 0.25) is 0 Å². The minimum atomic E-state index is -0.420. The summed E-state index contributed by atoms with van der Waals surface area (Å²) in [5, 5.41) is 12.8. The third-order valence-corrected chi connectivity index (χ3v) is 5.55. The summed E-state index contributed by atoms with van der Waals surface area (Å²) in [5.41, 5.74) is 0.926. The van der Waals surface area contributed by atoms with Crippen molar-refractivity contribution >= 4 is 16.9 Å². The van der Waals surface area contributed by atoms with Gasteiger partial charge in [0.15, 0.2) is 0 Å². The third kappa shape index (κ3) is 4.56. The van der Waals surface area contributed by atoms with Crippen molar-refractivity contribution in [2.75, 3.05) is 19.7 Å². The maximum Gasteiger partial charge on any atom is 0.338 e. The van der Waals surface area contributed by atoms with Crippen molar-refractivity contribution < 1.29 is 28.7 Å². The molecule has 0 aliphatic carbocycles. The summed E-state index contributed by atoms with van der Waals surface area (Å²) in [6.07, 6.45) is 4.76. The smallest absolute Gasteiger partial charge is 0.338 e. The Morgan fingerprint density at radius 2 is 1.84 bits per heavy atom. The zero-order chi connectivity index (χ0) is 21.8. The maximum atomic E-state index is 13.0. The summed E-state index contributed by atoms with van der Waals surface area (Å²) in [5.74, 6) is -0.127. The number of piperidine rings is 1. The van der Waals surface area contributed by atoms with Crippen molar-refractivity contribution in [2.45, 2.75) is 32.7 Å². The van der Waals surface area contributed by atoms with Gasteiger partial charge in [-0.3, -0.25) is 4.79 Å². The standard InChI is InChI=1S/C24H25NO6/c1-2-29-24(28)16-6-8-17(9-7-16)31-21-15-30-23-18(22(21)27)10-11-20(26)19(23)14-25-12-4-3-5-13-25/h6-11,15,26H,2-5,12-14H2,1H3. The van der Waals surface area contributed by atoms with E-state index in [0.717, 1.165) is 25.9 Å². The number of quaternary nitrogens is 1. The lowest BCUT2D eigenvalue weighted by molar-refractivity contribution is -0.918. The van der Waals surface area contributed by atoms with Gasteiger partial charge >= 0.3 is 5.97 Å². The van der Waals surface area contributed by atoms with Gasteiger partial charge in [-0.1, -0.05) is 11.8 Å². The van der Waals surface area contributed by atoms with E-state index in [9.17, 15) is 14.7 Å². The van der Waals surface area contributed by atoms with Gasteiger partial charge < -0.3 is 23.9 Å². The van der Waals surface area contributed by atoms with E-state index in [0.29, 0.717) is 41.0 Å². The monoisotopic (exact) mass is 423 g/mol. The molecule has 0 spiro atoms. The summed E-state index contributed by atoms with van der Waals surface area (Å²) in [4.78, 5) is 26.1. The molecule has 1 saturated heterocycles. The SMILES string of the molecule is CCOC(=O)c1ccc(Oc2coc3c(C[NH+]4CCCCC4)c([O-])ccc3c2=O)cc1. The van der Waals surface area contributed by atoms with Gasteiger partial charge in [0.1, 0.15) is 24.1 Å². The predicted molar refractivity (Wildman–Crippen MR) is 113 cm³/mol. The third-order valence-electron chi connectivity index (χ3n) is 5.55. The Morgan fingerprint density at radius 3 is 2.55 bits per heavy atom. The summed E-state index contributed by atoms with van der Waals surface area (Å²) in [6, 6.07) is 9.23. The van der Waals surface area contributed by atoms with Crippen LogP contribution in [0.15, 0.2) is 51.9 Å². The second kappa shape index (κ2) is 9.22. The number of carbonyl (C=O) groups is 1. The van der Waals surface area contributed by atoms with Gasteiger partial charge in [-0.2, -0.15) is 0 Å². The normalized spacial score (nSPS) is 14.5. The van der Waals surface area contributed by atoms with Crippen LogP contribution in [0.1, 0.15) is 42.1 Å². The van der Waals surface area contributed by atoms with Crippen LogP contribution in [0.3, 0.4) is 0 Å². The van der Waals surface area contributed by atoms with Crippen molar-refractivity contribution in [1.29, 1.82) is 0 Å². The molecule has 0 amide bonds. The molecule has 2 heterocycles. The lowest BCUT2D eigenvalue weighted by Gasteiger charge is -2.25. The van der Waals surface area contributed by atoms with E-state index in [1.54, 1.807) is 31.2 Å². The molecular weight excluding hydrogens is 398 g/mol. The molecule has 1 aliphatic heterocycles. The Kier molecular flexibility index (Phi) is 6.23. The van der Waals surface area contributed by atoms with Crippen molar-refractivity contribution in [3.8, 4) is 17.2 Å². The molecule has 162 valence electrons. The molecule has 0 saturated carbocycles. The van der Waals surface area contributed by atoms with Crippen LogP contribution in [0, 0.1) is 0 Å². The summed E-state index contributed by atoms with van der Waals surface area (Å²) in [7, 11) is 0. The molecule has 7 heteroatoms. The van der Waals surface area contributed by atoms with E-state index in [1.165, 1.54) is 29.7 Å². The first-order valence-electron chi connectivity index (χ1n) is 10.6. The highest BCUT2D eigenvalue weighted by atomic mass is 16.5. The molecule has 1 aromatic heterocycles. The first-order chi connectivity index (χ1) is 15.1. The average molecular weight is 423 g/mol. The van der Waals surface area contributed by atoms with E-state index < -0.39 is 5.97 Å². The largest absolute Gasteiger partial charge is 0.872 e. The van der Waals surface area contributed by atoms with Crippen LogP contribution in [-0.2, 0) is 11.3 Å². The van der Waals surface area contributed by atoms with Crippen LogP contribution in [0.4, 0.5) is 0 Å². The lowest BCUT2D eigenvalue weighted by atomic mass is 10.1. The van der Waals surface area contributed by atoms with Crippen LogP contribution in [0.5, 0.6) is 17.2 Å². The zero-order valence-electron chi connectivity index (χ0n) is 17.4. The molecule has 7 nitrogen and oxygen atoms in total. The predicted octanol–water partition coefficient (Wildman–Crippen LogP) is 2.40. The highest BCUT2D eigenvalue weighted by Gasteiger charge is 2.19. The quantitative estimate of drug-likeness (QED) is 0.612. The molecule has 3 aromatic rings. The number of fused-ring (bicyclic) bond motifs is 1. The van der Waals surface area contributed by atoms with Gasteiger partial charge in [0.05, 0.1) is 30.6 Å². The number of hydrogen-bond donors (Lipinski definition) is 1. The molecule has 1 N–H and O–H groups in total. The Bertz CT molecular complexity index is 1130. The summed E-state index contributed by atoms with van der Waals surface area (Å²) >= 11 is 0. The van der Waals surface area contributed by atoms with Gasteiger partial charge in [-0.25, -0.2) is 4.79 Å². The molecule has 4 rings (SSSR count). The first kappa shape index (κ1) is 20.9. The Morgan fingerprint density at radius 1 is 1.10 bits per heavy atom. The van der Waals surface area contributed by atoms with Gasteiger partial charge in [-0.15, -0.1) is 0 Å². The Labute approximate surface area is 179 Å². The van der Waals surface area contributed by atoms with Crippen LogP contribution < -0.4 is 20.2 Å². The number of esters is 1. The number of nitrogens with one attached hydrogen (secondary N) is 1. The van der Waals surface area contributed by atoms with Gasteiger partial charge in [0.2, 0.25) is 11.2 Å². The number of ether oxygens (including phenoxy) is 2. The topological polar surface area (TPSA) is 93.2 Å². The van der Waals surface area contributed by atoms with E-state index in [4.69, 9.17) is 13.9 Å². The number of carbonyl (C=O) groups excluding carboxylic acids is 1. The van der Waals surface area contributed by atoms with E-state index in [2.05, 4.69) is 0 Å². The fourth-order valence-electron chi connectivity index (χ4n) is 3.94.